The second kappa shape index (κ2) is 7.52. The molecular weight excluding hydrogens is 296 g/mol. The van der Waals surface area contributed by atoms with E-state index in [4.69, 9.17) is 0 Å². The molecule has 0 spiro atoms. The fourth-order valence-corrected chi connectivity index (χ4v) is 3.35. The molecule has 0 aromatic heterocycles. The molecule has 1 fully saturated rings. The monoisotopic (exact) mass is 322 g/mol. The Bertz CT molecular complexity index is 671. The molecule has 0 bridgehead atoms. The molecule has 0 aliphatic heterocycles. The first-order valence-electron chi connectivity index (χ1n) is 8.81. The van der Waals surface area contributed by atoms with Gasteiger partial charge in [0.2, 0.25) is 6.41 Å². The number of carbonyl (C=O) groups excluding carboxylic acids is 1. The Morgan fingerprint density at radius 1 is 1.04 bits per heavy atom. The Morgan fingerprint density at radius 2 is 1.79 bits per heavy atom. The van der Waals surface area contributed by atoms with E-state index in [9.17, 15) is 4.79 Å². The third-order valence-electron chi connectivity index (χ3n) is 5.08. The Balaban J connectivity index is 1.61. The molecule has 0 heterocycles. The van der Waals surface area contributed by atoms with Crippen molar-refractivity contribution in [3.05, 3.63) is 60.2 Å². The third-order valence-corrected chi connectivity index (χ3v) is 5.08. The number of carbonyl (C=O) groups is 1. The van der Waals surface area contributed by atoms with Crippen molar-refractivity contribution in [1.29, 1.82) is 0 Å². The summed E-state index contributed by atoms with van der Waals surface area (Å²) in [5.41, 5.74) is 3.63. The molecule has 126 valence electrons. The highest BCUT2D eigenvalue weighted by atomic mass is 16.1. The molecule has 2 aromatic carbocycles. The van der Waals surface area contributed by atoms with Crippen LogP contribution in [0.15, 0.2) is 54.6 Å². The number of anilines is 2. The van der Waals surface area contributed by atoms with Crippen molar-refractivity contribution in [3.63, 3.8) is 0 Å². The second-order valence-corrected chi connectivity index (χ2v) is 6.66. The average Bonchev–Trinajstić information content (AvgIpc) is 3.43. The highest BCUT2D eigenvalue weighted by molar-refractivity contribution is 5.75. The van der Waals surface area contributed by atoms with Crippen LogP contribution in [0.25, 0.3) is 0 Å². The summed E-state index contributed by atoms with van der Waals surface area (Å²) in [4.78, 5) is 15.4. The van der Waals surface area contributed by atoms with Crippen molar-refractivity contribution in [2.45, 2.75) is 25.7 Å². The Kier molecular flexibility index (Phi) is 5.19. The molecule has 0 N–H and O–H groups in total. The SMILES string of the molecule is CCC1CC1c1cccc(N(C)CCN(C=O)c2ccccc2)c1. The number of rotatable bonds is 8. The van der Waals surface area contributed by atoms with Gasteiger partial charge in [-0.3, -0.25) is 4.79 Å². The molecule has 1 aliphatic rings. The molecule has 1 aliphatic carbocycles. The van der Waals surface area contributed by atoms with Crippen LogP contribution in [0, 0.1) is 5.92 Å². The van der Waals surface area contributed by atoms with Gasteiger partial charge in [-0.05, 0) is 48.1 Å². The Hall–Kier alpha value is -2.29. The molecule has 2 unspecified atom stereocenters. The van der Waals surface area contributed by atoms with Crippen LogP contribution in [0.2, 0.25) is 0 Å². The lowest BCUT2D eigenvalue weighted by Crippen LogP contribution is -2.32. The van der Waals surface area contributed by atoms with Crippen molar-refractivity contribution < 1.29 is 4.79 Å². The molecule has 24 heavy (non-hydrogen) atoms. The van der Waals surface area contributed by atoms with E-state index in [-0.39, 0.29) is 0 Å². The van der Waals surface area contributed by atoms with Gasteiger partial charge in [-0.15, -0.1) is 0 Å². The maximum absolute atomic E-state index is 11.4. The minimum absolute atomic E-state index is 0.676. The summed E-state index contributed by atoms with van der Waals surface area (Å²) in [5, 5.41) is 0. The number of nitrogens with zero attached hydrogens (tertiary/aromatic N) is 2. The van der Waals surface area contributed by atoms with Crippen LogP contribution in [0.5, 0.6) is 0 Å². The fraction of sp³-hybridized carbons (Fsp3) is 0.381. The first-order chi connectivity index (χ1) is 11.7. The largest absolute Gasteiger partial charge is 0.373 e. The van der Waals surface area contributed by atoms with E-state index < -0.39 is 0 Å². The summed E-state index contributed by atoms with van der Waals surface area (Å²) in [5.74, 6) is 1.62. The zero-order valence-corrected chi connectivity index (χ0v) is 14.6. The van der Waals surface area contributed by atoms with Gasteiger partial charge in [0, 0.05) is 31.5 Å². The van der Waals surface area contributed by atoms with Crippen molar-refractivity contribution in [2.75, 3.05) is 29.9 Å². The minimum atomic E-state index is 0.676. The normalized spacial score (nSPS) is 18.9. The first kappa shape index (κ1) is 16.6. The van der Waals surface area contributed by atoms with E-state index in [1.165, 1.54) is 24.1 Å². The molecule has 2 aromatic rings. The van der Waals surface area contributed by atoms with Crippen LogP contribution in [0.1, 0.15) is 31.2 Å². The van der Waals surface area contributed by atoms with Gasteiger partial charge in [0.1, 0.15) is 0 Å². The van der Waals surface area contributed by atoms with Crippen molar-refractivity contribution in [1.82, 2.24) is 0 Å². The van der Waals surface area contributed by atoms with Crippen LogP contribution in [0.4, 0.5) is 11.4 Å². The quantitative estimate of drug-likeness (QED) is 0.677. The maximum Gasteiger partial charge on any atom is 0.214 e. The van der Waals surface area contributed by atoms with E-state index >= 15 is 0 Å². The van der Waals surface area contributed by atoms with E-state index in [1.807, 2.05) is 30.3 Å². The van der Waals surface area contributed by atoms with Gasteiger partial charge in [-0.1, -0.05) is 43.7 Å². The van der Waals surface area contributed by atoms with Gasteiger partial charge in [0.15, 0.2) is 0 Å². The lowest BCUT2D eigenvalue weighted by molar-refractivity contribution is -0.107. The smallest absolute Gasteiger partial charge is 0.214 e. The van der Waals surface area contributed by atoms with Crippen LogP contribution in [-0.2, 0) is 4.79 Å². The van der Waals surface area contributed by atoms with E-state index in [0.29, 0.717) is 6.54 Å². The third kappa shape index (κ3) is 3.78. The van der Waals surface area contributed by atoms with Crippen LogP contribution in [0.3, 0.4) is 0 Å². The minimum Gasteiger partial charge on any atom is -0.373 e. The molecule has 1 amide bonds. The van der Waals surface area contributed by atoms with Gasteiger partial charge in [-0.2, -0.15) is 0 Å². The molecule has 1 saturated carbocycles. The lowest BCUT2D eigenvalue weighted by Gasteiger charge is -2.24. The van der Waals surface area contributed by atoms with Gasteiger partial charge >= 0.3 is 0 Å². The predicted octanol–water partition coefficient (Wildman–Crippen LogP) is 4.30. The van der Waals surface area contributed by atoms with Crippen molar-refractivity contribution in [3.8, 4) is 0 Å². The second-order valence-electron chi connectivity index (χ2n) is 6.66. The number of benzene rings is 2. The summed E-state index contributed by atoms with van der Waals surface area (Å²) < 4.78 is 0. The van der Waals surface area contributed by atoms with Gasteiger partial charge < -0.3 is 9.80 Å². The van der Waals surface area contributed by atoms with Crippen LogP contribution < -0.4 is 9.80 Å². The van der Waals surface area contributed by atoms with Crippen molar-refractivity contribution in [2.24, 2.45) is 5.92 Å². The Labute approximate surface area is 144 Å². The number of hydrogen-bond acceptors (Lipinski definition) is 2. The molecule has 0 saturated heterocycles. The first-order valence-corrected chi connectivity index (χ1v) is 8.81. The predicted molar refractivity (Wildman–Crippen MR) is 101 cm³/mol. The summed E-state index contributed by atoms with van der Waals surface area (Å²) in [6.07, 6.45) is 3.52. The molecule has 3 heteroatoms. The Morgan fingerprint density at radius 3 is 2.46 bits per heavy atom. The topological polar surface area (TPSA) is 23.6 Å². The van der Waals surface area contributed by atoms with Gasteiger partial charge in [0.25, 0.3) is 0 Å². The molecule has 0 radical (unpaired) electrons. The molecule has 2 atom stereocenters. The van der Waals surface area contributed by atoms with E-state index in [0.717, 1.165) is 30.5 Å². The zero-order valence-electron chi connectivity index (χ0n) is 14.6. The number of para-hydroxylation sites is 1. The van der Waals surface area contributed by atoms with Crippen LogP contribution >= 0.6 is 0 Å². The maximum atomic E-state index is 11.4. The van der Waals surface area contributed by atoms with Crippen molar-refractivity contribution >= 4 is 17.8 Å². The highest BCUT2D eigenvalue weighted by Gasteiger charge is 2.36. The number of likely N-dealkylation sites (N-methyl/N-ethyl adjacent to an activating group) is 1. The van der Waals surface area contributed by atoms with Gasteiger partial charge in [0.05, 0.1) is 0 Å². The lowest BCUT2D eigenvalue weighted by atomic mass is 10.1. The molecule has 3 nitrogen and oxygen atoms in total. The number of amides is 1. The average molecular weight is 322 g/mol. The standard InChI is InChI=1S/C21H26N2O/c1-3-17-15-21(17)18-8-7-11-20(14-18)22(2)12-13-23(16-24)19-9-5-4-6-10-19/h4-11,14,16-17,21H,3,12-13,15H2,1-2H3. The number of hydrogen-bond donors (Lipinski definition) is 0. The highest BCUT2D eigenvalue weighted by Crippen LogP contribution is 2.49. The van der Waals surface area contributed by atoms with E-state index in [2.05, 4.69) is 43.1 Å². The van der Waals surface area contributed by atoms with E-state index in [1.54, 1.807) is 4.90 Å². The van der Waals surface area contributed by atoms with Crippen LogP contribution in [-0.4, -0.2) is 26.5 Å². The summed E-state index contributed by atoms with van der Waals surface area (Å²) in [7, 11) is 2.09. The summed E-state index contributed by atoms with van der Waals surface area (Å²) in [6, 6.07) is 18.7. The fourth-order valence-electron chi connectivity index (χ4n) is 3.35. The molecule has 3 rings (SSSR count). The zero-order chi connectivity index (χ0) is 16.9. The summed E-state index contributed by atoms with van der Waals surface area (Å²) in [6.45, 7) is 3.76. The molecular formula is C21H26N2O. The summed E-state index contributed by atoms with van der Waals surface area (Å²) >= 11 is 0. The van der Waals surface area contributed by atoms with Gasteiger partial charge in [-0.25, -0.2) is 0 Å².